The van der Waals surface area contributed by atoms with Crippen molar-refractivity contribution in [3.8, 4) is 0 Å². The van der Waals surface area contributed by atoms with E-state index >= 15 is 0 Å². The molecular formula is C16H21N7S. The van der Waals surface area contributed by atoms with E-state index in [1.54, 1.807) is 18.4 Å². The molecular weight excluding hydrogens is 322 g/mol. The van der Waals surface area contributed by atoms with E-state index in [-0.39, 0.29) is 0 Å². The minimum Gasteiger partial charge on any atom is -0.356 e. The number of guanidine groups is 1. The zero-order valence-electron chi connectivity index (χ0n) is 14.1. The monoisotopic (exact) mass is 343 g/mol. The van der Waals surface area contributed by atoms with E-state index in [0.717, 1.165) is 47.6 Å². The van der Waals surface area contributed by atoms with E-state index < -0.39 is 0 Å². The van der Waals surface area contributed by atoms with E-state index in [1.807, 2.05) is 42.8 Å². The smallest absolute Gasteiger partial charge is 0.193 e. The Morgan fingerprint density at radius 3 is 3.00 bits per heavy atom. The number of hydrogen-bond donors (Lipinski definition) is 1. The molecule has 3 aromatic heterocycles. The fraction of sp³-hybridized carbons (Fsp3) is 0.375. The molecule has 0 fully saturated rings. The van der Waals surface area contributed by atoms with Gasteiger partial charge in [-0.15, -0.1) is 21.5 Å². The molecule has 0 saturated carbocycles. The van der Waals surface area contributed by atoms with Crippen molar-refractivity contribution >= 4 is 22.9 Å². The van der Waals surface area contributed by atoms with Crippen LogP contribution < -0.4 is 5.32 Å². The lowest BCUT2D eigenvalue weighted by Gasteiger charge is -2.21. The van der Waals surface area contributed by atoms with Crippen LogP contribution in [0.5, 0.6) is 0 Å². The Balaban J connectivity index is 1.56. The van der Waals surface area contributed by atoms with E-state index in [4.69, 9.17) is 0 Å². The SMILES string of the molecule is CN=C(NCCc1nnc2ccccn12)N(C)Cc1csc(C)n1. The number of thiazole rings is 1. The van der Waals surface area contributed by atoms with Gasteiger partial charge >= 0.3 is 0 Å². The van der Waals surface area contributed by atoms with Gasteiger partial charge in [-0.1, -0.05) is 6.07 Å². The lowest BCUT2D eigenvalue weighted by molar-refractivity contribution is 0.471. The zero-order valence-corrected chi connectivity index (χ0v) is 14.9. The highest BCUT2D eigenvalue weighted by molar-refractivity contribution is 7.09. The van der Waals surface area contributed by atoms with Crippen molar-refractivity contribution in [3.05, 3.63) is 46.3 Å². The van der Waals surface area contributed by atoms with E-state index in [1.165, 1.54) is 0 Å². The van der Waals surface area contributed by atoms with Crippen LogP contribution in [0.4, 0.5) is 0 Å². The Morgan fingerprint density at radius 2 is 2.25 bits per heavy atom. The van der Waals surface area contributed by atoms with Gasteiger partial charge in [0, 0.05) is 38.6 Å². The van der Waals surface area contributed by atoms with E-state index in [2.05, 4.69) is 35.8 Å². The molecule has 3 rings (SSSR count). The van der Waals surface area contributed by atoms with Crippen LogP contribution in [0, 0.1) is 6.92 Å². The maximum atomic E-state index is 4.49. The van der Waals surface area contributed by atoms with Crippen molar-refractivity contribution in [2.45, 2.75) is 19.9 Å². The quantitative estimate of drug-likeness (QED) is 0.564. The van der Waals surface area contributed by atoms with Crippen molar-refractivity contribution < 1.29 is 0 Å². The van der Waals surface area contributed by atoms with Gasteiger partial charge in [-0.25, -0.2) is 4.98 Å². The number of aliphatic imine (C=N–C) groups is 1. The van der Waals surface area contributed by atoms with Gasteiger partial charge in [0.05, 0.1) is 17.2 Å². The Bertz CT molecular complexity index is 836. The number of aryl methyl sites for hydroxylation is 1. The molecule has 0 unspecified atom stereocenters. The molecule has 0 aliphatic carbocycles. The number of pyridine rings is 1. The van der Waals surface area contributed by atoms with Crippen LogP contribution in [0.1, 0.15) is 16.5 Å². The third kappa shape index (κ3) is 3.70. The fourth-order valence-corrected chi connectivity index (χ4v) is 3.13. The number of rotatable bonds is 5. The molecule has 0 aliphatic rings. The molecule has 0 bridgehead atoms. The minimum absolute atomic E-state index is 0.734. The van der Waals surface area contributed by atoms with Crippen molar-refractivity contribution in [2.75, 3.05) is 20.6 Å². The second-order valence-corrected chi connectivity index (χ2v) is 6.55. The molecule has 0 saturated heterocycles. The molecule has 3 heterocycles. The summed E-state index contributed by atoms with van der Waals surface area (Å²) in [6.07, 6.45) is 2.75. The zero-order chi connectivity index (χ0) is 16.9. The first-order valence-electron chi connectivity index (χ1n) is 7.79. The summed E-state index contributed by atoms with van der Waals surface area (Å²) in [5.41, 5.74) is 1.93. The summed E-state index contributed by atoms with van der Waals surface area (Å²) in [5.74, 6) is 1.78. The molecule has 24 heavy (non-hydrogen) atoms. The molecule has 126 valence electrons. The molecule has 8 heteroatoms. The van der Waals surface area contributed by atoms with Crippen LogP contribution in [0.15, 0.2) is 34.8 Å². The largest absolute Gasteiger partial charge is 0.356 e. The van der Waals surface area contributed by atoms with Gasteiger partial charge in [0.15, 0.2) is 11.6 Å². The van der Waals surface area contributed by atoms with Gasteiger partial charge in [0.1, 0.15) is 5.82 Å². The highest BCUT2D eigenvalue weighted by atomic mass is 32.1. The third-order valence-electron chi connectivity index (χ3n) is 3.66. The summed E-state index contributed by atoms with van der Waals surface area (Å²) < 4.78 is 2.01. The Labute approximate surface area is 145 Å². The van der Waals surface area contributed by atoms with Crippen molar-refractivity contribution in [1.82, 2.24) is 29.8 Å². The topological polar surface area (TPSA) is 70.7 Å². The molecule has 1 N–H and O–H groups in total. The average Bonchev–Trinajstić information content (AvgIpc) is 3.18. The predicted octanol–water partition coefficient (Wildman–Crippen LogP) is 1.74. The number of aromatic nitrogens is 4. The minimum atomic E-state index is 0.734. The molecule has 0 radical (unpaired) electrons. The van der Waals surface area contributed by atoms with Gasteiger partial charge in [-0.05, 0) is 19.1 Å². The van der Waals surface area contributed by atoms with Crippen LogP contribution in [-0.2, 0) is 13.0 Å². The molecule has 0 amide bonds. The highest BCUT2D eigenvalue weighted by Crippen LogP contribution is 2.09. The standard InChI is InChI=1S/C16H21N7S/c1-12-19-13(11-24-12)10-22(3)16(17-2)18-8-7-15-21-20-14-6-4-5-9-23(14)15/h4-6,9,11H,7-8,10H2,1-3H3,(H,17,18). The lowest BCUT2D eigenvalue weighted by atomic mass is 10.4. The Hall–Kier alpha value is -2.48. The first-order valence-corrected chi connectivity index (χ1v) is 8.67. The normalized spacial score (nSPS) is 11.9. The Morgan fingerprint density at radius 1 is 1.38 bits per heavy atom. The Kier molecular flexibility index (Phi) is 5.05. The third-order valence-corrected chi connectivity index (χ3v) is 4.48. The first kappa shape index (κ1) is 16.4. The summed E-state index contributed by atoms with van der Waals surface area (Å²) in [5, 5.41) is 14.9. The maximum absolute atomic E-state index is 4.49. The molecule has 0 aliphatic heterocycles. The van der Waals surface area contributed by atoms with Gasteiger partial charge in [0.25, 0.3) is 0 Å². The summed E-state index contributed by atoms with van der Waals surface area (Å²) in [6.45, 7) is 3.49. The van der Waals surface area contributed by atoms with Crippen LogP contribution in [-0.4, -0.2) is 51.1 Å². The second-order valence-electron chi connectivity index (χ2n) is 5.48. The molecule has 0 atom stereocenters. The second kappa shape index (κ2) is 7.39. The molecule has 3 aromatic rings. The molecule has 0 aromatic carbocycles. The number of fused-ring (bicyclic) bond motifs is 1. The van der Waals surface area contributed by atoms with Gasteiger partial charge in [0.2, 0.25) is 0 Å². The average molecular weight is 343 g/mol. The van der Waals surface area contributed by atoms with Crippen LogP contribution in [0.25, 0.3) is 5.65 Å². The number of hydrogen-bond acceptors (Lipinski definition) is 5. The summed E-state index contributed by atoms with van der Waals surface area (Å²) >= 11 is 1.67. The van der Waals surface area contributed by atoms with Crippen molar-refractivity contribution in [1.29, 1.82) is 0 Å². The van der Waals surface area contributed by atoms with Crippen LogP contribution in [0.2, 0.25) is 0 Å². The molecule has 0 spiro atoms. The first-order chi connectivity index (χ1) is 11.7. The number of nitrogens with one attached hydrogen (secondary N) is 1. The summed E-state index contributed by atoms with van der Waals surface area (Å²) in [6, 6.07) is 5.89. The number of nitrogens with zero attached hydrogens (tertiary/aromatic N) is 6. The van der Waals surface area contributed by atoms with E-state index in [9.17, 15) is 0 Å². The molecule has 7 nitrogen and oxygen atoms in total. The summed E-state index contributed by atoms with van der Waals surface area (Å²) in [7, 11) is 3.80. The van der Waals surface area contributed by atoms with Crippen LogP contribution in [0.3, 0.4) is 0 Å². The van der Waals surface area contributed by atoms with Gasteiger partial charge in [-0.2, -0.15) is 0 Å². The predicted molar refractivity (Wildman–Crippen MR) is 96.4 cm³/mol. The van der Waals surface area contributed by atoms with E-state index in [0.29, 0.717) is 0 Å². The highest BCUT2D eigenvalue weighted by Gasteiger charge is 2.09. The van der Waals surface area contributed by atoms with Crippen molar-refractivity contribution in [3.63, 3.8) is 0 Å². The van der Waals surface area contributed by atoms with Crippen molar-refractivity contribution in [2.24, 2.45) is 4.99 Å². The van der Waals surface area contributed by atoms with Crippen LogP contribution >= 0.6 is 11.3 Å². The van der Waals surface area contributed by atoms with Gasteiger partial charge < -0.3 is 10.2 Å². The van der Waals surface area contributed by atoms with Gasteiger partial charge in [-0.3, -0.25) is 9.39 Å². The maximum Gasteiger partial charge on any atom is 0.193 e. The fourth-order valence-electron chi connectivity index (χ4n) is 2.53. The summed E-state index contributed by atoms with van der Waals surface area (Å²) in [4.78, 5) is 10.9. The lowest BCUT2D eigenvalue weighted by Crippen LogP contribution is -2.39.